The fourth-order valence-electron chi connectivity index (χ4n) is 2.32. The zero-order chi connectivity index (χ0) is 14.3. The smallest absolute Gasteiger partial charge is 0.261 e. The average Bonchev–Trinajstić information content (AvgIpc) is 2.66. The third-order valence-corrected chi connectivity index (χ3v) is 3.38. The van der Waals surface area contributed by atoms with E-state index in [0.29, 0.717) is 11.1 Å². The third kappa shape index (κ3) is 1.99. The van der Waals surface area contributed by atoms with E-state index in [1.807, 2.05) is 13.0 Å². The quantitative estimate of drug-likeness (QED) is 0.786. The van der Waals surface area contributed by atoms with Crippen LogP contribution in [-0.4, -0.2) is 16.7 Å². The minimum absolute atomic E-state index is 0.158. The lowest BCUT2D eigenvalue weighted by atomic mass is 10.1. The minimum Gasteiger partial charge on any atom is -0.270 e. The molecule has 3 rings (SSSR count). The van der Waals surface area contributed by atoms with Gasteiger partial charge in [-0.25, -0.2) is 4.39 Å². The number of halogens is 1. The summed E-state index contributed by atoms with van der Waals surface area (Å²) in [5.74, 6) is -0.931. The Bertz CT molecular complexity index is 707. The predicted molar refractivity (Wildman–Crippen MR) is 71.8 cm³/mol. The number of nitrogens with zero attached hydrogens (tertiary/aromatic N) is 1. The highest BCUT2D eigenvalue weighted by atomic mass is 19.1. The van der Waals surface area contributed by atoms with Gasteiger partial charge in [0.1, 0.15) is 5.82 Å². The molecule has 2 aromatic carbocycles. The Morgan fingerprint density at radius 2 is 1.60 bits per heavy atom. The Hall–Kier alpha value is -2.49. The zero-order valence-electron chi connectivity index (χ0n) is 10.9. The molecule has 0 aromatic heterocycles. The van der Waals surface area contributed by atoms with E-state index < -0.39 is 0 Å². The van der Waals surface area contributed by atoms with Gasteiger partial charge in [-0.2, -0.15) is 0 Å². The Morgan fingerprint density at radius 3 is 2.30 bits per heavy atom. The normalized spacial score (nSPS) is 13.8. The maximum Gasteiger partial charge on any atom is 0.261 e. The number of carbonyl (C=O) groups is 2. The predicted octanol–water partition coefficient (Wildman–Crippen LogP) is 2.93. The van der Waals surface area contributed by atoms with Gasteiger partial charge in [-0.1, -0.05) is 23.8 Å². The Morgan fingerprint density at radius 1 is 0.950 bits per heavy atom. The van der Waals surface area contributed by atoms with Crippen LogP contribution in [0.4, 0.5) is 4.39 Å². The van der Waals surface area contributed by atoms with E-state index in [1.54, 1.807) is 24.3 Å². The number of hydrogen-bond acceptors (Lipinski definition) is 2. The maximum absolute atomic E-state index is 12.9. The molecular formula is C16H12FNO2. The molecule has 0 saturated carbocycles. The van der Waals surface area contributed by atoms with Crippen LogP contribution >= 0.6 is 0 Å². The highest BCUT2D eigenvalue weighted by molar-refractivity contribution is 6.21. The first-order chi connectivity index (χ1) is 9.56. The van der Waals surface area contributed by atoms with E-state index in [4.69, 9.17) is 0 Å². The topological polar surface area (TPSA) is 37.4 Å². The molecule has 0 fully saturated rings. The summed E-state index contributed by atoms with van der Waals surface area (Å²) in [6.45, 7) is 2.03. The van der Waals surface area contributed by atoms with E-state index >= 15 is 0 Å². The summed E-state index contributed by atoms with van der Waals surface area (Å²) in [7, 11) is 0. The van der Waals surface area contributed by atoms with Crippen LogP contribution in [0.5, 0.6) is 0 Å². The van der Waals surface area contributed by atoms with Gasteiger partial charge in [-0.15, -0.1) is 0 Å². The molecule has 2 aromatic rings. The summed E-state index contributed by atoms with van der Waals surface area (Å²) < 4.78 is 12.9. The molecule has 0 unspecified atom stereocenters. The number of benzene rings is 2. The van der Waals surface area contributed by atoms with Gasteiger partial charge in [-0.3, -0.25) is 14.5 Å². The lowest BCUT2D eigenvalue weighted by molar-refractivity contribution is 0.0642. The number of hydrogen-bond donors (Lipinski definition) is 0. The maximum atomic E-state index is 12.9. The van der Waals surface area contributed by atoms with E-state index in [9.17, 15) is 14.0 Å². The van der Waals surface area contributed by atoms with Crippen LogP contribution in [0.2, 0.25) is 0 Å². The number of aryl methyl sites for hydroxylation is 1. The van der Waals surface area contributed by atoms with Gasteiger partial charge in [0, 0.05) is 0 Å². The van der Waals surface area contributed by atoms with E-state index in [2.05, 4.69) is 0 Å². The molecule has 1 aliphatic heterocycles. The molecule has 0 saturated heterocycles. The van der Waals surface area contributed by atoms with Crippen molar-refractivity contribution < 1.29 is 14.0 Å². The molecule has 0 atom stereocenters. The number of carbonyl (C=O) groups excluding carboxylic acids is 2. The zero-order valence-corrected chi connectivity index (χ0v) is 10.9. The summed E-state index contributed by atoms with van der Waals surface area (Å²) in [5, 5.41) is 0. The Labute approximate surface area is 115 Å². The minimum atomic E-state index is -0.341. The van der Waals surface area contributed by atoms with Crippen molar-refractivity contribution in [2.24, 2.45) is 0 Å². The Kier molecular flexibility index (Phi) is 2.86. The van der Waals surface area contributed by atoms with Gasteiger partial charge < -0.3 is 0 Å². The molecule has 4 heteroatoms. The molecule has 0 spiro atoms. The van der Waals surface area contributed by atoms with Crippen molar-refractivity contribution in [1.29, 1.82) is 0 Å². The number of rotatable bonds is 2. The van der Waals surface area contributed by atoms with Gasteiger partial charge in [-0.05, 0) is 36.8 Å². The van der Waals surface area contributed by atoms with Gasteiger partial charge >= 0.3 is 0 Å². The second-order valence-electron chi connectivity index (χ2n) is 4.87. The van der Waals surface area contributed by atoms with Crippen molar-refractivity contribution in [3.05, 3.63) is 70.5 Å². The van der Waals surface area contributed by atoms with Crippen LogP contribution < -0.4 is 0 Å². The second-order valence-corrected chi connectivity index (χ2v) is 4.87. The lowest BCUT2D eigenvalue weighted by Gasteiger charge is -2.13. The fraction of sp³-hybridized carbons (Fsp3) is 0.125. The molecule has 0 radical (unpaired) electrons. The first-order valence-corrected chi connectivity index (χ1v) is 6.27. The van der Waals surface area contributed by atoms with Crippen LogP contribution in [0.15, 0.2) is 42.5 Å². The highest BCUT2D eigenvalue weighted by Crippen LogP contribution is 2.25. The van der Waals surface area contributed by atoms with Crippen LogP contribution in [0.3, 0.4) is 0 Å². The van der Waals surface area contributed by atoms with E-state index in [-0.39, 0.29) is 24.2 Å². The van der Waals surface area contributed by atoms with Gasteiger partial charge in [0.2, 0.25) is 0 Å². The number of imide groups is 1. The van der Waals surface area contributed by atoms with E-state index in [1.165, 1.54) is 17.0 Å². The standard InChI is InChI=1S/C16H12FNO2/c1-10-2-7-13-14(8-10)16(20)18(15(13)19)9-11-3-5-12(17)6-4-11/h2-8H,9H2,1H3. The fourth-order valence-corrected chi connectivity index (χ4v) is 2.32. The lowest BCUT2D eigenvalue weighted by Crippen LogP contribution is -2.29. The number of amides is 2. The molecule has 1 aliphatic rings. The highest BCUT2D eigenvalue weighted by Gasteiger charge is 2.35. The number of fused-ring (bicyclic) bond motifs is 1. The van der Waals surface area contributed by atoms with E-state index in [0.717, 1.165) is 11.1 Å². The first-order valence-electron chi connectivity index (χ1n) is 6.27. The van der Waals surface area contributed by atoms with Crippen molar-refractivity contribution in [1.82, 2.24) is 4.90 Å². The van der Waals surface area contributed by atoms with Crippen molar-refractivity contribution in [2.75, 3.05) is 0 Å². The van der Waals surface area contributed by atoms with Crippen molar-refractivity contribution in [3.63, 3.8) is 0 Å². The SMILES string of the molecule is Cc1ccc2c(c1)C(=O)N(Cc1ccc(F)cc1)C2=O. The molecule has 0 N–H and O–H groups in total. The van der Waals surface area contributed by atoms with Crippen LogP contribution in [0.25, 0.3) is 0 Å². The van der Waals surface area contributed by atoms with Crippen molar-refractivity contribution in [2.45, 2.75) is 13.5 Å². The molecule has 3 nitrogen and oxygen atoms in total. The van der Waals surface area contributed by atoms with Crippen LogP contribution in [0, 0.1) is 12.7 Å². The molecule has 0 bridgehead atoms. The average molecular weight is 269 g/mol. The van der Waals surface area contributed by atoms with Gasteiger partial charge in [0.15, 0.2) is 0 Å². The third-order valence-electron chi connectivity index (χ3n) is 3.38. The monoisotopic (exact) mass is 269 g/mol. The summed E-state index contributed by atoms with van der Waals surface area (Å²) in [6.07, 6.45) is 0. The largest absolute Gasteiger partial charge is 0.270 e. The van der Waals surface area contributed by atoms with Crippen LogP contribution in [0.1, 0.15) is 31.8 Å². The molecule has 2 amide bonds. The summed E-state index contributed by atoms with van der Waals surface area (Å²) >= 11 is 0. The summed E-state index contributed by atoms with van der Waals surface area (Å²) in [5.41, 5.74) is 2.53. The van der Waals surface area contributed by atoms with Gasteiger partial charge in [0.05, 0.1) is 17.7 Å². The van der Waals surface area contributed by atoms with Crippen molar-refractivity contribution >= 4 is 11.8 Å². The molecular weight excluding hydrogens is 257 g/mol. The van der Waals surface area contributed by atoms with Crippen molar-refractivity contribution in [3.8, 4) is 0 Å². The molecule has 0 aliphatic carbocycles. The summed E-state index contributed by atoms with van der Waals surface area (Å²) in [4.78, 5) is 25.7. The molecule has 100 valence electrons. The first kappa shape index (κ1) is 12.5. The molecule has 1 heterocycles. The Balaban J connectivity index is 1.91. The van der Waals surface area contributed by atoms with Gasteiger partial charge in [0.25, 0.3) is 11.8 Å². The molecule has 20 heavy (non-hydrogen) atoms. The van der Waals surface area contributed by atoms with Crippen LogP contribution in [-0.2, 0) is 6.54 Å². The summed E-state index contributed by atoms with van der Waals surface area (Å²) in [6, 6.07) is 11.0. The second kappa shape index (κ2) is 4.56.